The number of amides is 1. The van der Waals surface area contributed by atoms with Crippen LogP contribution in [-0.4, -0.2) is 21.9 Å². The van der Waals surface area contributed by atoms with Crippen LogP contribution in [0, 0.1) is 33.3 Å². The van der Waals surface area contributed by atoms with E-state index in [0.717, 1.165) is 9.59 Å². The minimum absolute atomic E-state index is 0.0405. The Morgan fingerprint density at radius 2 is 1.28 bits per heavy atom. The second-order valence-electron chi connectivity index (χ2n) is 3.07. The van der Waals surface area contributed by atoms with Gasteiger partial charge in [0.1, 0.15) is 0 Å². The number of carbonyl (C=O) groups is 1. The topological polar surface area (TPSA) is 120 Å². The van der Waals surface area contributed by atoms with Gasteiger partial charge in [0.15, 0.2) is 0 Å². The Balaban J connectivity index is -0.000000114. The molecular formula is C17H13NO6W. The molecule has 0 aliphatic heterocycles. The van der Waals surface area contributed by atoms with E-state index in [2.05, 4.69) is 33.3 Å². The maximum atomic E-state index is 11.9. The van der Waals surface area contributed by atoms with Gasteiger partial charge in [-0.1, -0.05) is 0 Å². The number of nitrogens with zero attached hydrogens (tertiary/aromatic N) is 1. The SMILES string of the molecule is C/C=C/[C](=[W])N(C)C(=O)c1ccccc1.[C-]#[O+].[C-]#[O+].[C-]#[O+].[C-]#[O+].[C-]#[O+]. The molecule has 0 atom stereocenters. The molecule has 0 fully saturated rings. The molecule has 0 unspecified atom stereocenters. The molecule has 1 rings (SSSR count). The number of hydrogen-bond acceptors (Lipinski definition) is 1. The third-order valence-electron chi connectivity index (χ3n) is 1.97. The van der Waals surface area contributed by atoms with Crippen LogP contribution >= 0.6 is 0 Å². The number of benzene rings is 1. The predicted molar refractivity (Wildman–Crippen MR) is 78.0 cm³/mol. The van der Waals surface area contributed by atoms with E-state index in [1.54, 1.807) is 11.9 Å². The van der Waals surface area contributed by atoms with Gasteiger partial charge < -0.3 is 0 Å². The molecule has 0 spiro atoms. The first-order valence-corrected chi connectivity index (χ1v) is 7.15. The van der Waals surface area contributed by atoms with Crippen LogP contribution in [0.1, 0.15) is 17.3 Å². The number of rotatable bonds is 3. The summed E-state index contributed by atoms with van der Waals surface area (Å²) in [5.74, 6) is 0.0405. The zero-order chi connectivity index (χ0) is 21.3. The molecular weight excluding hydrogens is 498 g/mol. The molecule has 0 N–H and O–H groups in total. The van der Waals surface area contributed by atoms with Crippen LogP contribution < -0.4 is 0 Å². The van der Waals surface area contributed by atoms with Gasteiger partial charge in [0.25, 0.3) is 0 Å². The molecule has 0 aromatic heterocycles. The summed E-state index contributed by atoms with van der Waals surface area (Å²) in [4.78, 5) is 13.6. The van der Waals surface area contributed by atoms with Crippen LogP contribution in [0.3, 0.4) is 0 Å². The third-order valence-corrected chi connectivity index (χ3v) is 3.44. The summed E-state index contributed by atoms with van der Waals surface area (Å²) >= 11 is 1.29. The monoisotopic (exact) mass is 511 g/mol. The van der Waals surface area contributed by atoms with E-state index < -0.39 is 0 Å². The van der Waals surface area contributed by atoms with Crippen molar-refractivity contribution >= 4 is 9.93 Å². The van der Waals surface area contributed by atoms with Gasteiger partial charge >= 0.3 is 158 Å². The first kappa shape index (κ1) is 34.1. The third kappa shape index (κ3) is 19.6. The fourth-order valence-electron chi connectivity index (χ4n) is 1.13. The van der Waals surface area contributed by atoms with Crippen molar-refractivity contribution in [3.63, 3.8) is 0 Å². The normalized spacial score (nSPS) is 6.56. The summed E-state index contributed by atoms with van der Waals surface area (Å²) in [5, 5.41) is 0. The Morgan fingerprint density at radius 3 is 1.60 bits per heavy atom. The van der Waals surface area contributed by atoms with E-state index in [0.29, 0.717) is 0 Å². The van der Waals surface area contributed by atoms with E-state index >= 15 is 0 Å². The van der Waals surface area contributed by atoms with Crippen molar-refractivity contribution in [2.24, 2.45) is 0 Å². The summed E-state index contributed by atoms with van der Waals surface area (Å²) in [5.41, 5.74) is 0.725. The molecule has 0 saturated heterocycles. The van der Waals surface area contributed by atoms with Crippen molar-refractivity contribution < 1.29 is 47.4 Å². The molecule has 128 valence electrons. The Bertz CT molecular complexity index is 550. The van der Waals surface area contributed by atoms with Crippen molar-refractivity contribution in [2.45, 2.75) is 6.92 Å². The molecule has 1 amide bonds. The zero-order valence-corrected chi connectivity index (χ0v) is 16.3. The number of hydrogen-bond donors (Lipinski definition) is 0. The van der Waals surface area contributed by atoms with Gasteiger partial charge in [-0.3, -0.25) is 0 Å². The van der Waals surface area contributed by atoms with Crippen LogP contribution in [0.2, 0.25) is 0 Å². The number of likely N-dealkylation sites (N-methyl/N-ethyl adjacent to an activating group) is 1. The fourth-order valence-corrected chi connectivity index (χ4v) is 1.92. The second kappa shape index (κ2) is 33.3. The summed E-state index contributed by atoms with van der Waals surface area (Å²) in [6, 6.07) is 9.32. The fraction of sp³-hybridized carbons (Fsp3) is 0.118. The van der Waals surface area contributed by atoms with Crippen LogP contribution in [0.15, 0.2) is 42.5 Å². The second-order valence-corrected chi connectivity index (χ2v) is 4.57. The maximum absolute atomic E-state index is 11.9. The van der Waals surface area contributed by atoms with E-state index in [1.807, 2.05) is 49.4 Å². The van der Waals surface area contributed by atoms with E-state index in [4.69, 9.17) is 23.3 Å². The standard InChI is InChI=1S/C12H13NO.5CO.W/c1-3-4-10-13(2)12(14)11-8-6-5-7-9-11;5*1-2;/h3-9H,1-2H3;;;;;;/b4-3+;;;;;;. The number of allylic oxidation sites excluding steroid dienone is 1. The van der Waals surface area contributed by atoms with E-state index in [1.165, 1.54) is 19.4 Å². The summed E-state index contributed by atoms with van der Waals surface area (Å²) in [6.07, 6.45) is 3.90. The van der Waals surface area contributed by atoms with Crippen LogP contribution in [-0.2, 0) is 42.6 Å². The van der Waals surface area contributed by atoms with Gasteiger partial charge in [0.05, 0.1) is 0 Å². The molecule has 0 aliphatic carbocycles. The van der Waals surface area contributed by atoms with Crippen molar-refractivity contribution in [3.05, 3.63) is 81.3 Å². The molecule has 8 heteroatoms. The quantitative estimate of drug-likeness (QED) is 0.447. The number of carbonyl (C=O) groups excluding carboxylic acids is 1. The van der Waals surface area contributed by atoms with E-state index in [-0.39, 0.29) is 5.91 Å². The van der Waals surface area contributed by atoms with Crippen molar-refractivity contribution in [1.29, 1.82) is 0 Å². The Labute approximate surface area is 157 Å². The zero-order valence-electron chi connectivity index (χ0n) is 13.3. The van der Waals surface area contributed by atoms with Crippen LogP contribution in [0.5, 0.6) is 0 Å². The van der Waals surface area contributed by atoms with E-state index in [9.17, 15) is 4.79 Å². The minimum atomic E-state index is 0.0405. The molecule has 0 radical (unpaired) electrons. The molecule has 0 saturated carbocycles. The summed E-state index contributed by atoms with van der Waals surface area (Å²) < 4.78 is 38.5. The molecule has 0 aliphatic rings. The summed E-state index contributed by atoms with van der Waals surface area (Å²) in [6.45, 7) is 24.4. The molecule has 25 heavy (non-hydrogen) atoms. The van der Waals surface area contributed by atoms with Gasteiger partial charge in [-0.15, -0.1) is 0 Å². The molecule has 1 aromatic carbocycles. The summed E-state index contributed by atoms with van der Waals surface area (Å²) in [7, 11) is 1.80. The van der Waals surface area contributed by atoms with Gasteiger partial charge in [-0.05, 0) is 0 Å². The van der Waals surface area contributed by atoms with Crippen LogP contribution in [0.4, 0.5) is 0 Å². The molecule has 0 bridgehead atoms. The average molecular weight is 511 g/mol. The van der Waals surface area contributed by atoms with Gasteiger partial charge in [0.2, 0.25) is 0 Å². The average Bonchev–Trinajstić information content (AvgIpc) is 2.75. The Kier molecular flexibility index (Phi) is 45.5. The first-order chi connectivity index (χ1) is 12.2. The Hall–Kier alpha value is -2.31. The first-order valence-electron chi connectivity index (χ1n) is 5.68. The van der Waals surface area contributed by atoms with Crippen molar-refractivity contribution in [3.8, 4) is 0 Å². The van der Waals surface area contributed by atoms with Crippen LogP contribution in [0.25, 0.3) is 0 Å². The molecule has 0 heterocycles. The van der Waals surface area contributed by atoms with Gasteiger partial charge in [-0.25, -0.2) is 0 Å². The predicted octanol–water partition coefficient (Wildman–Crippen LogP) is 1.82. The Morgan fingerprint density at radius 1 is 0.920 bits per heavy atom. The van der Waals surface area contributed by atoms with Crippen molar-refractivity contribution in [2.75, 3.05) is 7.05 Å². The van der Waals surface area contributed by atoms with Gasteiger partial charge in [0, 0.05) is 0 Å². The molecule has 1 aromatic rings. The molecule has 7 nitrogen and oxygen atoms in total. The van der Waals surface area contributed by atoms with Gasteiger partial charge in [-0.2, -0.15) is 0 Å². The van der Waals surface area contributed by atoms with Crippen molar-refractivity contribution in [1.82, 2.24) is 4.90 Å².